The second-order valence-corrected chi connectivity index (χ2v) is 6.49. The van der Waals surface area contributed by atoms with Gasteiger partial charge >= 0.3 is 0 Å². The minimum absolute atomic E-state index is 0.204. The quantitative estimate of drug-likeness (QED) is 0.940. The van der Waals surface area contributed by atoms with E-state index in [2.05, 4.69) is 16.8 Å². The van der Waals surface area contributed by atoms with Crippen LogP contribution in [-0.4, -0.2) is 32.6 Å². The van der Waals surface area contributed by atoms with Crippen LogP contribution in [0.1, 0.15) is 31.0 Å². The molecule has 23 heavy (non-hydrogen) atoms. The fourth-order valence-corrected chi connectivity index (χ4v) is 3.23. The van der Waals surface area contributed by atoms with Gasteiger partial charge in [0.15, 0.2) is 5.75 Å². The SMILES string of the molecule is CC1CCCN(Cc2cc(=O)c(O)cn2Cc2cccnc2)C1. The van der Waals surface area contributed by atoms with Gasteiger partial charge in [0.05, 0.1) is 6.20 Å². The highest BCUT2D eigenvalue weighted by Crippen LogP contribution is 2.18. The van der Waals surface area contributed by atoms with Crippen LogP contribution in [0, 0.1) is 5.92 Å². The standard InChI is InChI=1S/C18H23N3O2/c1-14-4-3-7-20(10-14)12-16-8-17(22)18(23)13-21(16)11-15-5-2-6-19-9-15/h2,5-6,8-9,13-14,23H,3-4,7,10-12H2,1H3. The Morgan fingerprint density at radius 3 is 3.00 bits per heavy atom. The van der Waals surface area contributed by atoms with Gasteiger partial charge in [0.2, 0.25) is 5.43 Å². The summed E-state index contributed by atoms with van der Waals surface area (Å²) < 4.78 is 1.95. The topological polar surface area (TPSA) is 58.4 Å². The Bertz CT molecular complexity index is 712. The predicted molar refractivity (Wildman–Crippen MR) is 89.4 cm³/mol. The lowest BCUT2D eigenvalue weighted by Gasteiger charge is -2.31. The van der Waals surface area contributed by atoms with Crippen molar-refractivity contribution >= 4 is 0 Å². The van der Waals surface area contributed by atoms with Crippen LogP contribution in [0.5, 0.6) is 5.75 Å². The summed E-state index contributed by atoms with van der Waals surface area (Å²) in [6.45, 7) is 5.72. The summed E-state index contributed by atoms with van der Waals surface area (Å²) in [4.78, 5) is 18.4. The molecule has 3 rings (SSSR count). The minimum Gasteiger partial charge on any atom is -0.503 e. The molecule has 0 aromatic carbocycles. The maximum absolute atomic E-state index is 11.9. The number of hydrogen-bond acceptors (Lipinski definition) is 4. The largest absolute Gasteiger partial charge is 0.503 e. The predicted octanol–water partition coefficient (Wildman–Crippen LogP) is 2.23. The molecule has 1 fully saturated rings. The lowest BCUT2D eigenvalue weighted by molar-refractivity contribution is 0.172. The fourth-order valence-electron chi connectivity index (χ4n) is 3.23. The van der Waals surface area contributed by atoms with Gasteiger partial charge in [0.1, 0.15) is 0 Å². The average Bonchev–Trinajstić information content (AvgIpc) is 2.53. The average molecular weight is 313 g/mol. The van der Waals surface area contributed by atoms with E-state index in [9.17, 15) is 9.90 Å². The number of likely N-dealkylation sites (tertiary alicyclic amines) is 1. The highest BCUT2D eigenvalue weighted by atomic mass is 16.3. The molecule has 0 aliphatic carbocycles. The maximum Gasteiger partial charge on any atom is 0.223 e. The van der Waals surface area contributed by atoms with Gasteiger partial charge in [-0.05, 0) is 36.9 Å². The van der Waals surface area contributed by atoms with Crippen LogP contribution in [0.3, 0.4) is 0 Å². The van der Waals surface area contributed by atoms with Crippen LogP contribution in [0.25, 0.3) is 0 Å². The van der Waals surface area contributed by atoms with Crippen molar-refractivity contribution in [2.24, 2.45) is 5.92 Å². The first-order valence-corrected chi connectivity index (χ1v) is 8.15. The molecule has 0 radical (unpaired) electrons. The molecule has 1 aliphatic rings. The second-order valence-electron chi connectivity index (χ2n) is 6.49. The van der Waals surface area contributed by atoms with Crippen LogP contribution < -0.4 is 5.43 Å². The van der Waals surface area contributed by atoms with Crippen molar-refractivity contribution in [3.8, 4) is 5.75 Å². The summed E-state index contributed by atoms with van der Waals surface area (Å²) in [7, 11) is 0. The monoisotopic (exact) mass is 313 g/mol. The number of pyridine rings is 2. The Kier molecular flexibility index (Phi) is 4.76. The van der Waals surface area contributed by atoms with Crippen molar-refractivity contribution in [3.05, 3.63) is 58.3 Å². The van der Waals surface area contributed by atoms with Crippen molar-refractivity contribution in [3.63, 3.8) is 0 Å². The zero-order valence-corrected chi connectivity index (χ0v) is 13.5. The molecule has 0 spiro atoms. The lowest BCUT2D eigenvalue weighted by atomic mass is 10.0. The zero-order valence-electron chi connectivity index (χ0n) is 13.5. The molecule has 1 atom stereocenters. The number of rotatable bonds is 4. The summed E-state index contributed by atoms with van der Waals surface area (Å²) in [6.07, 6.45) is 7.56. The van der Waals surface area contributed by atoms with Gasteiger partial charge in [0.25, 0.3) is 0 Å². The van der Waals surface area contributed by atoms with Crippen LogP contribution in [0.2, 0.25) is 0 Å². The molecule has 1 saturated heterocycles. The van der Waals surface area contributed by atoms with Crippen molar-refractivity contribution in [2.45, 2.75) is 32.9 Å². The first kappa shape index (κ1) is 15.7. The van der Waals surface area contributed by atoms with E-state index in [1.54, 1.807) is 12.3 Å². The third-order valence-corrected chi connectivity index (χ3v) is 4.40. The fraction of sp³-hybridized carbons (Fsp3) is 0.444. The molecule has 2 aromatic rings. The summed E-state index contributed by atoms with van der Waals surface area (Å²) in [5, 5.41) is 9.79. The molecule has 122 valence electrons. The number of nitrogens with zero attached hydrogens (tertiary/aromatic N) is 3. The summed E-state index contributed by atoms with van der Waals surface area (Å²) in [5.41, 5.74) is 1.67. The van der Waals surface area contributed by atoms with E-state index >= 15 is 0 Å². The summed E-state index contributed by atoms with van der Waals surface area (Å²) >= 11 is 0. The van der Waals surface area contributed by atoms with Gasteiger partial charge < -0.3 is 9.67 Å². The van der Waals surface area contributed by atoms with Gasteiger partial charge in [0, 0.05) is 43.8 Å². The van der Waals surface area contributed by atoms with Crippen LogP contribution in [-0.2, 0) is 13.1 Å². The first-order valence-electron chi connectivity index (χ1n) is 8.15. The van der Waals surface area contributed by atoms with E-state index < -0.39 is 0 Å². The first-order chi connectivity index (χ1) is 11.1. The smallest absolute Gasteiger partial charge is 0.223 e. The Morgan fingerprint density at radius 2 is 2.26 bits per heavy atom. The van der Waals surface area contributed by atoms with Gasteiger partial charge in [-0.25, -0.2) is 0 Å². The Labute approximate surface area is 136 Å². The van der Waals surface area contributed by atoms with E-state index in [-0.39, 0.29) is 11.2 Å². The molecule has 2 aromatic heterocycles. The third kappa shape index (κ3) is 3.99. The molecule has 0 bridgehead atoms. The molecule has 1 unspecified atom stereocenters. The van der Waals surface area contributed by atoms with Gasteiger partial charge in [-0.1, -0.05) is 13.0 Å². The van der Waals surface area contributed by atoms with E-state index in [0.717, 1.165) is 30.9 Å². The van der Waals surface area contributed by atoms with Crippen molar-refractivity contribution in [2.75, 3.05) is 13.1 Å². The molecular weight excluding hydrogens is 290 g/mol. The minimum atomic E-state index is -0.313. The van der Waals surface area contributed by atoms with Crippen LogP contribution in [0.15, 0.2) is 41.6 Å². The number of hydrogen-bond donors (Lipinski definition) is 1. The van der Waals surface area contributed by atoms with Gasteiger partial charge in [-0.15, -0.1) is 0 Å². The van der Waals surface area contributed by atoms with Crippen molar-refractivity contribution in [1.29, 1.82) is 0 Å². The van der Waals surface area contributed by atoms with E-state index in [1.165, 1.54) is 19.0 Å². The second kappa shape index (κ2) is 6.96. The lowest BCUT2D eigenvalue weighted by Crippen LogP contribution is -2.35. The normalized spacial score (nSPS) is 18.9. The number of aromatic nitrogens is 2. The molecule has 1 N–H and O–H groups in total. The molecule has 3 heterocycles. The van der Waals surface area contributed by atoms with Gasteiger partial charge in [-0.3, -0.25) is 14.7 Å². The molecular formula is C18H23N3O2. The van der Waals surface area contributed by atoms with Gasteiger partial charge in [-0.2, -0.15) is 0 Å². The molecule has 1 aliphatic heterocycles. The highest BCUT2D eigenvalue weighted by Gasteiger charge is 2.18. The van der Waals surface area contributed by atoms with E-state index in [1.807, 2.05) is 22.9 Å². The Balaban J connectivity index is 1.85. The Hall–Kier alpha value is -2.14. The summed E-state index contributed by atoms with van der Waals surface area (Å²) in [6, 6.07) is 5.45. The third-order valence-electron chi connectivity index (χ3n) is 4.40. The number of piperidine rings is 1. The highest BCUT2D eigenvalue weighted by molar-refractivity contribution is 5.22. The summed E-state index contributed by atoms with van der Waals surface area (Å²) in [5.74, 6) is 0.490. The Morgan fingerprint density at radius 1 is 1.39 bits per heavy atom. The van der Waals surface area contributed by atoms with Crippen molar-refractivity contribution < 1.29 is 5.11 Å². The van der Waals surface area contributed by atoms with Crippen molar-refractivity contribution in [1.82, 2.24) is 14.5 Å². The molecule has 5 heteroatoms. The molecule has 0 amide bonds. The van der Waals surface area contributed by atoms with E-state index in [0.29, 0.717) is 12.5 Å². The number of aromatic hydroxyl groups is 1. The zero-order chi connectivity index (χ0) is 16.2. The molecule has 5 nitrogen and oxygen atoms in total. The van der Waals surface area contributed by atoms with Crippen LogP contribution in [0.4, 0.5) is 0 Å². The van der Waals surface area contributed by atoms with E-state index in [4.69, 9.17) is 0 Å². The molecule has 0 saturated carbocycles. The maximum atomic E-state index is 11.9. The van der Waals surface area contributed by atoms with Crippen LogP contribution >= 0.6 is 0 Å².